The SMILES string of the molecule is CN=C(NCC(=O)N(C)CCc1ccccn1)N1CCOC(c2cnn(C)c2)C1.I. The van der Waals surface area contributed by atoms with Crippen molar-refractivity contribution in [3.8, 4) is 0 Å². The van der Waals surface area contributed by atoms with Crippen molar-refractivity contribution in [2.45, 2.75) is 12.5 Å². The van der Waals surface area contributed by atoms with E-state index >= 15 is 0 Å². The fraction of sp³-hybridized carbons (Fsp3) is 0.500. The maximum atomic E-state index is 12.5. The summed E-state index contributed by atoms with van der Waals surface area (Å²) in [6.07, 6.45) is 6.22. The number of aromatic nitrogens is 3. The molecular weight excluding hydrogens is 497 g/mol. The van der Waals surface area contributed by atoms with Gasteiger partial charge in [-0.3, -0.25) is 19.5 Å². The summed E-state index contributed by atoms with van der Waals surface area (Å²) in [5.41, 5.74) is 2.02. The number of guanidine groups is 1. The highest BCUT2D eigenvalue weighted by molar-refractivity contribution is 14.0. The molecule has 1 aliphatic heterocycles. The van der Waals surface area contributed by atoms with Crippen LogP contribution in [0.15, 0.2) is 41.8 Å². The third kappa shape index (κ3) is 6.66. The normalized spacial score (nSPS) is 16.7. The molecule has 1 unspecified atom stereocenters. The monoisotopic (exact) mass is 527 g/mol. The molecule has 0 saturated carbocycles. The summed E-state index contributed by atoms with van der Waals surface area (Å²) in [5, 5.41) is 7.41. The number of carbonyl (C=O) groups is 1. The van der Waals surface area contributed by atoms with Gasteiger partial charge in [0.05, 0.1) is 25.9 Å². The second kappa shape index (κ2) is 11.8. The zero-order valence-electron chi connectivity index (χ0n) is 17.7. The topological polar surface area (TPSA) is 87.9 Å². The number of halogens is 1. The van der Waals surface area contributed by atoms with E-state index in [0.717, 1.165) is 24.2 Å². The van der Waals surface area contributed by atoms with Crippen LogP contribution in [0.1, 0.15) is 17.4 Å². The van der Waals surface area contributed by atoms with Gasteiger partial charge in [-0.1, -0.05) is 6.07 Å². The Balaban J connectivity index is 0.00000320. The number of nitrogens with zero attached hydrogens (tertiary/aromatic N) is 6. The van der Waals surface area contributed by atoms with Gasteiger partial charge in [0.15, 0.2) is 5.96 Å². The lowest BCUT2D eigenvalue weighted by molar-refractivity contribution is -0.128. The first-order valence-corrected chi connectivity index (χ1v) is 9.76. The molecule has 0 aromatic carbocycles. The number of ether oxygens (including phenoxy) is 1. The predicted molar refractivity (Wildman–Crippen MR) is 126 cm³/mol. The van der Waals surface area contributed by atoms with Gasteiger partial charge in [0.2, 0.25) is 5.91 Å². The zero-order chi connectivity index (χ0) is 20.6. The van der Waals surface area contributed by atoms with Crippen molar-refractivity contribution < 1.29 is 9.53 Å². The number of aliphatic imine (C=N–C) groups is 1. The predicted octanol–water partition coefficient (Wildman–Crippen LogP) is 1.08. The molecule has 1 amide bonds. The lowest BCUT2D eigenvalue weighted by atomic mass is 10.1. The van der Waals surface area contributed by atoms with Crippen molar-refractivity contribution in [2.75, 3.05) is 46.9 Å². The third-order valence-electron chi connectivity index (χ3n) is 4.93. The van der Waals surface area contributed by atoms with Gasteiger partial charge in [-0.05, 0) is 12.1 Å². The molecular formula is C20H30IN7O2. The largest absolute Gasteiger partial charge is 0.370 e. The number of likely N-dealkylation sites (N-methyl/N-ethyl adjacent to an activating group) is 1. The molecule has 1 saturated heterocycles. The van der Waals surface area contributed by atoms with Gasteiger partial charge in [0.25, 0.3) is 0 Å². The molecule has 2 aromatic rings. The van der Waals surface area contributed by atoms with Gasteiger partial charge < -0.3 is 19.9 Å². The van der Waals surface area contributed by atoms with E-state index in [2.05, 4.69) is 25.3 Å². The quantitative estimate of drug-likeness (QED) is 0.344. The van der Waals surface area contributed by atoms with Crippen molar-refractivity contribution in [1.29, 1.82) is 0 Å². The number of nitrogens with one attached hydrogen (secondary N) is 1. The van der Waals surface area contributed by atoms with Crippen molar-refractivity contribution >= 4 is 35.8 Å². The van der Waals surface area contributed by atoms with Gasteiger partial charge in [0, 0.05) is 64.3 Å². The third-order valence-corrected chi connectivity index (χ3v) is 4.93. The summed E-state index contributed by atoms with van der Waals surface area (Å²) >= 11 is 0. The first-order valence-electron chi connectivity index (χ1n) is 9.76. The zero-order valence-corrected chi connectivity index (χ0v) is 20.0. The summed E-state index contributed by atoms with van der Waals surface area (Å²) in [5.74, 6) is 0.716. The molecule has 1 aliphatic rings. The molecule has 0 radical (unpaired) electrons. The summed E-state index contributed by atoms with van der Waals surface area (Å²) in [6, 6.07) is 5.81. The smallest absolute Gasteiger partial charge is 0.241 e. The summed E-state index contributed by atoms with van der Waals surface area (Å²) < 4.78 is 7.65. The maximum absolute atomic E-state index is 12.5. The molecule has 1 N–H and O–H groups in total. The average Bonchev–Trinajstić information content (AvgIpc) is 3.19. The minimum Gasteiger partial charge on any atom is -0.370 e. The fourth-order valence-electron chi connectivity index (χ4n) is 3.22. The van der Waals surface area contributed by atoms with E-state index < -0.39 is 0 Å². The second-order valence-corrected chi connectivity index (χ2v) is 7.04. The lowest BCUT2D eigenvalue weighted by Crippen LogP contribution is -2.50. The summed E-state index contributed by atoms with van der Waals surface area (Å²) in [4.78, 5) is 25.0. The lowest BCUT2D eigenvalue weighted by Gasteiger charge is -2.34. The molecule has 0 spiro atoms. The second-order valence-electron chi connectivity index (χ2n) is 7.04. The number of hydrogen-bond donors (Lipinski definition) is 1. The number of rotatable bonds is 6. The van der Waals surface area contributed by atoms with Crippen LogP contribution in [0.3, 0.4) is 0 Å². The van der Waals surface area contributed by atoms with Crippen LogP contribution in [-0.4, -0.2) is 83.3 Å². The number of amides is 1. The van der Waals surface area contributed by atoms with Crippen LogP contribution in [-0.2, 0) is 23.0 Å². The first kappa shape index (κ1) is 24.1. The van der Waals surface area contributed by atoms with Gasteiger partial charge in [-0.15, -0.1) is 24.0 Å². The molecule has 3 rings (SSSR count). The van der Waals surface area contributed by atoms with Gasteiger partial charge in [-0.2, -0.15) is 5.10 Å². The van der Waals surface area contributed by atoms with Crippen molar-refractivity contribution in [2.24, 2.45) is 12.0 Å². The van der Waals surface area contributed by atoms with Crippen LogP contribution < -0.4 is 5.32 Å². The molecule has 3 heterocycles. The highest BCUT2D eigenvalue weighted by Gasteiger charge is 2.25. The van der Waals surface area contributed by atoms with Crippen LogP contribution in [0.2, 0.25) is 0 Å². The minimum atomic E-state index is -0.0623. The number of morpholine rings is 1. The van der Waals surface area contributed by atoms with Crippen LogP contribution in [0.4, 0.5) is 0 Å². The Morgan fingerprint density at radius 2 is 2.27 bits per heavy atom. The highest BCUT2D eigenvalue weighted by atomic mass is 127. The standard InChI is InChI=1S/C20H29N7O2.HI/c1-21-20(27-10-11-29-18(15-27)16-12-24-26(3)14-16)23-13-19(28)25(2)9-7-17-6-4-5-8-22-17;/h4-6,8,12,14,18H,7,9-11,13,15H2,1-3H3,(H,21,23);1H. The van der Waals surface area contributed by atoms with Crippen molar-refractivity contribution in [1.82, 2.24) is 29.9 Å². The van der Waals surface area contributed by atoms with Gasteiger partial charge in [-0.25, -0.2) is 0 Å². The van der Waals surface area contributed by atoms with E-state index in [0.29, 0.717) is 25.7 Å². The van der Waals surface area contributed by atoms with Crippen molar-refractivity contribution in [3.05, 3.63) is 48.0 Å². The Kier molecular flexibility index (Phi) is 9.50. The summed E-state index contributed by atoms with van der Waals surface area (Å²) in [7, 11) is 5.43. The van der Waals surface area contributed by atoms with Crippen LogP contribution in [0.25, 0.3) is 0 Å². The van der Waals surface area contributed by atoms with Crippen molar-refractivity contribution in [3.63, 3.8) is 0 Å². The van der Waals surface area contributed by atoms with E-state index in [1.807, 2.05) is 44.7 Å². The molecule has 9 nitrogen and oxygen atoms in total. The molecule has 0 aliphatic carbocycles. The molecule has 30 heavy (non-hydrogen) atoms. The van der Waals surface area contributed by atoms with E-state index in [-0.39, 0.29) is 42.5 Å². The van der Waals surface area contributed by atoms with E-state index in [1.165, 1.54) is 0 Å². The molecule has 1 fully saturated rings. The Morgan fingerprint density at radius 1 is 1.43 bits per heavy atom. The van der Waals surface area contributed by atoms with Gasteiger partial charge >= 0.3 is 0 Å². The average molecular weight is 527 g/mol. The first-order chi connectivity index (χ1) is 14.1. The van der Waals surface area contributed by atoms with Crippen LogP contribution in [0.5, 0.6) is 0 Å². The Morgan fingerprint density at radius 3 is 2.93 bits per heavy atom. The Labute approximate surface area is 194 Å². The van der Waals surface area contributed by atoms with Crippen LogP contribution in [0, 0.1) is 0 Å². The van der Waals surface area contributed by atoms with E-state index in [9.17, 15) is 4.79 Å². The van der Waals surface area contributed by atoms with Crippen LogP contribution >= 0.6 is 24.0 Å². The van der Waals surface area contributed by atoms with E-state index in [1.54, 1.807) is 22.8 Å². The molecule has 10 heteroatoms. The number of aryl methyl sites for hydroxylation is 1. The molecule has 2 aromatic heterocycles. The molecule has 1 atom stereocenters. The molecule has 0 bridgehead atoms. The van der Waals surface area contributed by atoms with E-state index in [4.69, 9.17) is 4.74 Å². The highest BCUT2D eigenvalue weighted by Crippen LogP contribution is 2.21. The maximum Gasteiger partial charge on any atom is 0.241 e. The molecule has 164 valence electrons. The summed E-state index contributed by atoms with van der Waals surface area (Å²) in [6.45, 7) is 2.80. The minimum absolute atomic E-state index is 0. The number of carbonyl (C=O) groups excluding carboxylic acids is 1. The Hall–Kier alpha value is -2.21. The number of pyridine rings is 1. The number of hydrogen-bond acceptors (Lipinski definition) is 5. The Bertz CT molecular complexity index is 828. The fourth-order valence-corrected chi connectivity index (χ4v) is 3.22. The van der Waals surface area contributed by atoms with Gasteiger partial charge in [0.1, 0.15) is 6.10 Å².